The van der Waals surface area contributed by atoms with E-state index < -0.39 is 0 Å². The molecule has 5 nitrogen and oxygen atoms in total. The minimum Gasteiger partial charge on any atom is -0.494 e. The van der Waals surface area contributed by atoms with Gasteiger partial charge in [-0.3, -0.25) is 0 Å². The predicted molar refractivity (Wildman–Crippen MR) is 109 cm³/mol. The van der Waals surface area contributed by atoms with Crippen molar-refractivity contribution in [3.63, 3.8) is 0 Å². The highest BCUT2D eigenvalue weighted by Crippen LogP contribution is 2.19. The van der Waals surface area contributed by atoms with Gasteiger partial charge in [-0.05, 0) is 37.7 Å². The summed E-state index contributed by atoms with van der Waals surface area (Å²) in [5, 5.41) is 3.54. The van der Waals surface area contributed by atoms with E-state index in [-0.39, 0.29) is 12.4 Å². The number of likely N-dealkylation sites (N-methyl/N-ethyl adjacent to an activating group) is 1. The molecule has 142 valence electrons. The fourth-order valence-electron chi connectivity index (χ4n) is 3.12. The number of hydrogen-bond acceptors (Lipinski definition) is 5. The van der Waals surface area contributed by atoms with Crippen LogP contribution in [0.25, 0.3) is 0 Å². The highest BCUT2D eigenvalue weighted by atomic mass is 35.5. The quantitative estimate of drug-likeness (QED) is 0.804. The number of nitrogens with one attached hydrogen (secondary N) is 1. The largest absolute Gasteiger partial charge is 0.494 e. The summed E-state index contributed by atoms with van der Waals surface area (Å²) in [5.41, 5.74) is 2.49. The summed E-state index contributed by atoms with van der Waals surface area (Å²) in [6, 6.07) is 12.5. The van der Waals surface area contributed by atoms with Gasteiger partial charge in [0, 0.05) is 51.0 Å². The van der Waals surface area contributed by atoms with Gasteiger partial charge in [0.05, 0.1) is 6.61 Å². The summed E-state index contributed by atoms with van der Waals surface area (Å²) < 4.78 is 5.57. The van der Waals surface area contributed by atoms with Crippen LogP contribution in [0.2, 0.25) is 0 Å². The molecule has 1 aliphatic heterocycles. The van der Waals surface area contributed by atoms with Gasteiger partial charge in [-0.1, -0.05) is 18.2 Å². The number of pyridine rings is 1. The summed E-state index contributed by atoms with van der Waals surface area (Å²) in [5.74, 6) is 2.05. The first-order valence-corrected chi connectivity index (χ1v) is 9.06. The molecule has 1 aliphatic rings. The number of ether oxygens (including phenoxy) is 1. The van der Waals surface area contributed by atoms with E-state index in [9.17, 15) is 0 Å². The maximum Gasteiger partial charge on any atom is 0.133 e. The molecule has 0 amide bonds. The molecular weight excluding hydrogens is 348 g/mol. The third-order valence-corrected chi connectivity index (χ3v) is 4.52. The monoisotopic (exact) mass is 376 g/mol. The van der Waals surface area contributed by atoms with E-state index in [2.05, 4.69) is 45.3 Å². The Kier molecular flexibility index (Phi) is 8.16. The molecule has 6 heteroatoms. The molecule has 0 atom stereocenters. The molecule has 0 bridgehead atoms. The van der Waals surface area contributed by atoms with E-state index in [1.165, 1.54) is 11.1 Å². The van der Waals surface area contributed by atoms with Crippen LogP contribution in [0.1, 0.15) is 18.1 Å². The molecule has 0 spiro atoms. The lowest BCUT2D eigenvalue weighted by Crippen LogP contribution is -2.45. The van der Waals surface area contributed by atoms with Crippen LogP contribution in [-0.4, -0.2) is 49.7 Å². The molecule has 1 N–H and O–H groups in total. The van der Waals surface area contributed by atoms with E-state index in [0.29, 0.717) is 6.61 Å². The lowest BCUT2D eigenvalue weighted by atomic mass is 10.2. The van der Waals surface area contributed by atoms with Gasteiger partial charge < -0.3 is 19.9 Å². The Bertz CT molecular complexity index is 674. The molecule has 0 aliphatic carbocycles. The van der Waals surface area contributed by atoms with Gasteiger partial charge in [0.15, 0.2) is 0 Å². The first-order chi connectivity index (χ1) is 12.3. The number of piperazine rings is 1. The van der Waals surface area contributed by atoms with Crippen molar-refractivity contribution < 1.29 is 4.74 Å². The Morgan fingerprint density at radius 2 is 1.88 bits per heavy atom. The number of hydrogen-bond donors (Lipinski definition) is 1. The molecule has 0 radical (unpaired) electrons. The topological polar surface area (TPSA) is 40.6 Å². The molecule has 1 aromatic heterocycles. The van der Waals surface area contributed by atoms with Crippen molar-refractivity contribution in [3.05, 3.63) is 53.7 Å². The number of aromatic nitrogens is 1. The van der Waals surface area contributed by atoms with Crippen LogP contribution in [0.3, 0.4) is 0 Å². The molecule has 2 heterocycles. The molecule has 0 unspecified atom stereocenters. The summed E-state index contributed by atoms with van der Waals surface area (Å²) in [6.07, 6.45) is 1.89. The zero-order valence-electron chi connectivity index (χ0n) is 15.6. The van der Waals surface area contributed by atoms with Crippen molar-refractivity contribution in [2.75, 3.05) is 44.7 Å². The number of benzene rings is 1. The number of rotatable bonds is 7. The second-order valence-electron chi connectivity index (χ2n) is 6.46. The molecule has 1 fully saturated rings. The van der Waals surface area contributed by atoms with Crippen molar-refractivity contribution in [1.82, 2.24) is 15.2 Å². The van der Waals surface area contributed by atoms with Crippen molar-refractivity contribution in [1.29, 1.82) is 0 Å². The first kappa shape index (κ1) is 20.5. The van der Waals surface area contributed by atoms with Gasteiger partial charge in [0.25, 0.3) is 0 Å². The third-order valence-electron chi connectivity index (χ3n) is 4.52. The lowest BCUT2D eigenvalue weighted by Gasteiger charge is -2.34. The summed E-state index contributed by atoms with van der Waals surface area (Å²) in [7, 11) is 2.18. The predicted octanol–water partition coefficient (Wildman–Crippen LogP) is 2.94. The Morgan fingerprint density at radius 1 is 1.08 bits per heavy atom. The van der Waals surface area contributed by atoms with Crippen LogP contribution in [0, 0.1) is 0 Å². The van der Waals surface area contributed by atoms with E-state index in [0.717, 1.165) is 50.8 Å². The molecule has 2 aromatic rings. The van der Waals surface area contributed by atoms with Gasteiger partial charge in [-0.15, -0.1) is 12.4 Å². The minimum absolute atomic E-state index is 0. The summed E-state index contributed by atoms with van der Waals surface area (Å²) >= 11 is 0. The Balaban J connectivity index is 0.00000243. The molecular formula is C20H29ClN4O. The fourth-order valence-corrected chi connectivity index (χ4v) is 3.12. The van der Waals surface area contributed by atoms with Gasteiger partial charge in [-0.25, -0.2) is 4.98 Å². The van der Waals surface area contributed by atoms with Gasteiger partial charge >= 0.3 is 0 Å². The second-order valence-corrected chi connectivity index (χ2v) is 6.46. The first-order valence-electron chi connectivity index (χ1n) is 9.06. The SMILES string of the molecule is CCOc1cccc(CNCc2cccnc2N2CCN(C)CC2)c1.Cl. The average Bonchev–Trinajstić information content (AvgIpc) is 2.64. The number of halogens is 1. The lowest BCUT2D eigenvalue weighted by molar-refractivity contribution is 0.311. The van der Waals surface area contributed by atoms with Crippen molar-refractivity contribution >= 4 is 18.2 Å². The second kappa shape index (κ2) is 10.4. The van der Waals surface area contributed by atoms with Crippen molar-refractivity contribution in [2.45, 2.75) is 20.0 Å². The van der Waals surface area contributed by atoms with E-state index in [1.54, 1.807) is 0 Å². The number of nitrogens with zero attached hydrogens (tertiary/aromatic N) is 3. The Morgan fingerprint density at radius 3 is 2.65 bits per heavy atom. The highest BCUT2D eigenvalue weighted by molar-refractivity contribution is 5.85. The molecule has 1 aromatic carbocycles. The van der Waals surface area contributed by atoms with E-state index in [1.807, 2.05) is 31.3 Å². The zero-order valence-corrected chi connectivity index (χ0v) is 16.5. The maximum absolute atomic E-state index is 5.57. The third kappa shape index (κ3) is 5.59. The molecule has 26 heavy (non-hydrogen) atoms. The highest BCUT2D eigenvalue weighted by Gasteiger charge is 2.17. The fraction of sp³-hybridized carbons (Fsp3) is 0.450. The summed E-state index contributed by atoms with van der Waals surface area (Å²) in [4.78, 5) is 9.40. The normalized spacial score (nSPS) is 14.8. The van der Waals surface area contributed by atoms with Gasteiger partial charge in [0.2, 0.25) is 0 Å². The molecule has 3 rings (SSSR count). The van der Waals surface area contributed by atoms with E-state index in [4.69, 9.17) is 4.74 Å². The van der Waals surface area contributed by atoms with Crippen LogP contribution < -0.4 is 15.0 Å². The van der Waals surface area contributed by atoms with Crippen LogP contribution in [0.15, 0.2) is 42.6 Å². The van der Waals surface area contributed by atoms with Crippen LogP contribution in [-0.2, 0) is 13.1 Å². The smallest absolute Gasteiger partial charge is 0.133 e. The minimum atomic E-state index is 0. The standard InChI is InChI=1S/C20H28N4O.ClH/c1-3-25-19-8-4-6-17(14-19)15-21-16-18-7-5-9-22-20(18)24-12-10-23(2)11-13-24;/h4-9,14,21H,3,10-13,15-16H2,1-2H3;1H. The average molecular weight is 377 g/mol. The summed E-state index contributed by atoms with van der Waals surface area (Å²) in [6.45, 7) is 8.59. The van der Waals surface area contributed by atoms with Crippen molar-refractivity contribution in [2.24, 2.45) is 0 Å². The number of anilines is 1. The molecule has 1 saturated heterocycles. The Labute approximate surface area is 162 Å². The van der Waals surface area contributed by atoms with Gasteiger partial charge in [0.1, 0.15) is 11.6 Å². The maximum atomic E-state index is 5.57. The van der Waals surface area contributed by atoms with Gasteiger partial charge in [-0.2, -0.15) is 0 Å². The zero-order chi connectivity index (χ0) is 17.5. The van der Waals surface area contributed by atoms with Crippen LogP contribution in [0.4, 0.5) is 5.82 Å². The van der Waals surface area contributed by atoms with Crippen molar-refractivity contribution in [3.8, 4) is 5.75 Å². The Hall–Kier alpha value is -1.82. The molecule has 0 saturated carbocycles. The van der Waals surface area contributed by atoms with Crippen LogP contribution >= 0.6 is 12.4 Å². The van der Waals surface area contributed by atoms with E-state index >= 15 is 0 Å². The van der Waals surface area contributed by atoms with Crippen LogP contribution in [0.5, 0.6) is 5.75 Å².